The summed E-state index contributed by atoms with van der Waals surface area (Å²) in [6.45, 7) is 5.81. The van der Waals surface area contributed by atoms with Crippen molar-refractivity contribution in [1.82, 2.24) is 5.32 Å². The third-order valence-electron chi connectivity index (χ3n) is 2.29. The highest BCUT2D eigenvalue weighted by molar-refractivity contribution is 6.19. The zero-order chi connectivity index (χ0) is 11.3. The molecule has 1 heterocycles. The Morgan fingerprint density at radius 1 is 1.40 bits per heavy atom. The number of hydrogen-bond acceptors (Lipinski definition) is 3. The van der Waals surface area contributed by atoms with E-state index in [9.17, 15) is 4.79 Å². The predicted molar refractivity (Wildman–Crippen MR) is 58.1 cm³/mol. The van der Waals surface area contributed by atoms with E-state index >= 15 is 0 Å². The number of halogens is 1. The number of amides is 1. The van der Waals surface area contributed by atoms with Crippen LogP contribution >= 0.6 is 11.6 Å². The van der Waals surface area contributed by atoms with E-state index in [0.29, 0.717) is 32.3 Å². The summed E-state index contributed by atoms with van der Waals surface area (Å²) in [5, 5.41) is 2.88. The Balaban J connectivity index is 2.42. The Hall–Kier alpha value is -0.320. The zero-order valence-corrected chi connectivity index (χ0v) is 9.97. The molecule has 0 aliphatic carbocycles. The maximum Gasteiger partial charge on any atom is 0.227 e. The highest BCUT2D eigenvalue weighted by atomic mass is 35.5. The monoisotopic (exact) mass is 235 g/mol. The van der Waals surface area contributed by atoms with Crippen LogP contribution in [0.5, 0.6) is 0 Å². The molecule has 0 radical (unpaired) electrons. The van der Waals surface area contributed by atoms with Gasteiger partial charge in [-0.1, -0.05) is 0 Å². The van der Waals surface area contributed by atoms with Crippen LogP contribution in [0, 0.1) is 5.41 Å². The molecule has 1 N–H and O–H groups in total. The van der Waals surface area contributed by atoms with Crippen LogP contribution < -0.4 is 5.32 Å². The molecule has 0 aromatic heterocycles. The van der Waals surface area contributed by atoms with E-state index in [2.05, 4.69) is 5.32 Å². The lowest BCUT2D eigenvalue weighted by Gasteiger charge is -2.24. The molecule has 1 amide bonds. The van der Waals surface area contributed by atoms with E-state index in [4.69, 9.17) is 21.1 Å². The Bertz CT molecular complexity index is 213. The first-order valence-corrected chi connectivity index (χ1v) is 5.62. The summed E-state index contributed by atoms with van der Waals surface area (Å²) in [5.74, 6) is 0.240. The zero-order valence-electron chi connectivity index (χ0n) is 9.22. The molecule has 0 aromatic carbocycles. The average Bonchev–Trinajstić information content (AvgIpc) is 2.46. The highest BCUT2D eigenvalue weighted by Crippen LogP contribution is 2.17. The number of carbonyl (C=O) groups is 1. The second kappa shape index (κ2) is 5.68. The van der Waals surface area contributed by atoms with Crippen LogP contribution in [0.2, 0.25) is 0 Å². The van der Waals surface area contributed by atoms with Crippen LogP contribution in [0.25, 0.3) is 0 Å². The molecule has 0 bridgehead atoms. The van der Waals surface area contributed by atoms with Gasteiger partial charge in [-0.3, -0.25) is 4.79 Å². The number of hydrogen-bond donors (Lipinski definition) is 1. The minimum atomic E-state index is -0.548. The van der Waals surface area contributed by atoms with Crippen LogP contribution in [0.1, 0.15) is 13.8 Å². The van der Waals surface area contributed by atoms with Gasteiger partial charge in [0.05, 0.1) is 37.9 Å². The van der Waals surface area contributed by atoms with Gasteiger partial charge in [-0.15, -0.1) is 11.6 Å². The lowest BCUT2D eigenvalue weighted by molar-refractivity contribution is -0.129. The average molecular weight is 236 g/mol. The Morgan fingerprint density at radius 3 is 2.40 bits per heavy atom. The van der Waals surface area contributed by atoms with E-state index in [1.165, 1.54) is 0 Å². The Labute approximate surface area is 95.3 Å². The lowest BCUT2D eigenvalue weighted by atomic mass is 9.95. The fourth-order valence-electron chi connectivity index (χ4n) is 1.14. The van der Waals surface area contributed by atoms with Crippen molar-refractivity contribution in [3.63, 3.8) is 0 Å². The molecule has 0 unspecified atom stereocenters. The minimum Gasteiger partial charge on any atom is -0.377 e. The SMILES string of the molecule is CC(C)(CCl)C(=O)NC1COCCOC1. The number of carbonyl (C=O) groups excluding carboxylic acids is 1. The van der Waals surface area contributed by atoms with Gasteiger partial charge in [0, 0.05) is 5.88 Å². The quantitative estimate of drug-likeness (QED) is 0.736. The molecule has 1 rings (SSSR count). The third-order valence-corrected chi connectivity index (χ3v) is 2.96. The van der Waals surface area contributed by atoms with Crippen LogP contribution in [-0.2, 0) is 14.3 Å². The molecule has 1 aliphatic rings. The summed E-state index contributed by atoms with van der Waals surface area (Å²) in [4.78, 5) is 11.8. The van der Waals surface area contributed by atoms with E-state index < -0.39 is 5.41 Å². The van der Waals surface area contributed by atoms with Crippen molar-refractivity contribution >= 4 is 17.5 Å². The van der Waals surface area contributed by atoms with E-state index in [1.807, 2.05) is 13.8 Å². The van der Waals surface area contributed by atoms with Crippen molar-refractivity contribution in [2.45, 2.75) is 19.9 Å². The van der Waals surface area contributed by atoms with Crippen molar-refractivity contribution in [3.05, 3.63) is 0 Å². The Kier molecular flexibility index (Phi) is 4.83. The predicted octanol–water partition coefficient (Wildman–Crippen LogP) is 0.783. The summed E-state index contributed by atoms with van der Waals surface area (Å²) in [5.41, 5.74) is -0.548. The molecule has 0 saturated carbocycles. The van der Waals surface area contributed by atoms with Gasteiger partial charge in [-0.2, -0.15) is 0 Å². The molecular weight excluding hydrogens is 218 g/mol. The van der Waals surface area contributed by atoms with Gasteiger partial charge >= 0.3 is 0 Å². The van der Waals surface area contributed by atoms with Gasteiger partial charge in [0.2, 0.25) is 5.91 Å². The first kappa shape index (κ1) is 12.7. The van der Waals surface area contributed by atoms with Crippen LogP contribution in [0.3, 0.4) is 0 Å². The maximum atomic E-state index is 11.8. The van der Waals surface area contributed by atoms with Gasteiger partial charge in [0.25, 0.3) is 0 Å². The number of rotatable bonds is 3. The summed E-state index contributed by atoms with van der Waals surface area (Å²) in [6.07, 6.45) is 0. The van der Waals surface area contributed by atoms with E-state index in [-0.39, 0.29) is 11.9 Å². The fourth-order valence-corrected chi connectivity index (χ4v) is 1.26. The molecule has 1 fully saturated rings. The first-order chi connectivity index (χ1) is 7.06. The number of alkyl halides is 1. The molecule has 0 aromatic rings. The van der Waals surface area contributed by atoms with Gasteiger partial charge in [-0.05, 0) is 13.8 Å². The lowest BCUT2D eigenvalue weighted by Crippen LogP contribution is -2.47. The molecule has 1 aliphatic heterocycles. The second-order valence-corrected chi connectivity index (χ2v) is 4.60. The molecule has 4 nitrogen and oxygen atoms in total. The topological polar surface area (TPSA) is 47.6 Å². The molecule has 0 spiro atoms. The summed E-state index contributed by atoms with van der Waals surface area (Å²) < 4.78 is 10.6. The summed E-state index contributed by atoms with van der Waals surface area (Å²) in [7, 11) is 0. The van der Waals surface area contributed by atoms with Crippen LogP contribution in [0.4, 0.5) is 0 Å². The molecule has 15 heavy (non-hydrogen) atoms. The fraction of sp³-hybridized carbons (Fsp3) is 0.900. The summed E-state index contributed by atoms with van der Waals surface area (Å²) in [6, 6.07) is -0.0671. The molecule has 1 saturated heterocycles. The van der Waals surface area contributed by atoms with Gasteiger partial charge in [0.15, 0.2) is 0 Å². The number of nitrogens with one attached hydrogen (secondary N) is 1. The highest BCUT2D eigenvalue weighted by Gasteiger charge is 2.28. The normalized spacial score (nSPS) is 19.7. The van der Waals surface area contributed by atoms with Crippen molar-refractivity contribution in [1.29, 1.82) is 0 Å². The van der Waals surface area contributed by atoms with Crippen LogP contribution in [0.15, 0.2) is 0 Å². The smallest absolute Gasteiger partial charge is 0.227 e. The molecular formula is C10H18ClNO3. The van der Waals surface area contributed by atoms with Crippen molar-refractivity contribution in [2.75, 3.05) is 32.3 Å². The summed E-state index contributed by atoms with van der Waals surface area (Å²) >= 11 is 5.71. The van der Waals surface area contributed by atoms with Gasteiger partial charge < -0.3 is 14.8 Å². The van der Waals surface area contributed by atoms with Gasteiger partial charge in [-0.25, -0.2) is 0 Å². The van der Waals surface area contributed by atoms with Crippen molar-refractivity contribution in [3.8, 4) is 0 Å². The van der Waals surface area contributed by atoms with Crippen molar-refractivity contribution in [2.24, 2.45) is 5.41 Å². The molecule has 0 atom stereocenters. The third kappa shape index (κ3) is 3.97. The van der Waals surface area contributed by atoms with Gasteiger partial charge in [0.1, 0.15) is 0 Å². The largest absolute Gasteiger partial charge is 0.377 e. The maximum absolute atomic E-state index is 11.8. The first-order valence-electron chi connectivity index (χ1n) is 5.08. The molecule has 88 valence electrons. The van der Waals surface area contributed by atoms with E-state index in [1.54, 1.807) is 0 Å². The Morgan fingerprint density at radius 2 is 1.93 bits per heavy atom. The second-order valence-electron chi connectivity index (χ2n) is 4.34. The van der Waals surface area contributed by atoms with E-state index in [0.717, 1.165) is 0 Å². The molecule has 5 heteroatoms. The van der Waals surface area contributed by atoms with Crippen molar-refractivity contribution < 1.29 is 14.3 Å². The van der Waals surface area contributed by atoms with Crippen LogP contribution in [-0.4, -0.2) is 44.3 Å². The minimum absolute atomic E-state index is 0.0587. The number of ether oxygens (including phenoxy) is 2. The standard InChI is InChI=1S/C10H18ClNO3/c1-10(2,7-11)9(13)12-8-5-14-3-4-15-6-8/h8H,3-7H2,1-2H3,(H,12,13).